The molecule has 1 heterocycles. The van der Waals surface area contributed by atoms with Gasteiger partial charge in [-0.1, -0.05) is 6.42 Å². The summed E-state index contributed by atoms with van der Waals surface area (Å²) in [6.07, 6.45) is 5.06. The molecule has 2 unspecified atom stereocenters. The summed E-state index contributed by atoms with van der Waals surface area (Å²) in [5.74, 6) is 0.209. The van der Waals surface area contributed by atoms with Crippen LogP contribution in [0.15, 0.2) is 0 Å². The van der Waals surface area contributed by atoms with Crippen LogP contribution >= 0.6 is 0 Å². The molecule has 18 heavy (non-hydrogen) atoms. The molecule has 2 rings (SSSR count). The molecule has 1 saturated carbocycles. The van der Waals surface area contributed by atoms with E-state index < -0.39 is 0 Å². The highest BCUT2D eigenvalue weighted by Gasteiger charge is 2.45. The number of likely N-dealkylation sites (tertiary alicyclic amines) is 1. The summed E-state index contributed by atoms with van der Waals surface area (Å²) in [7, 11) is 3.08. The van der Waals surface area contributed by atoms with Crippen LogP contribution < -0.4 is 5.32 Å². The monoisotopic (exact) mass is 254 g/mol. The molecule has 0 aromatic rings. The van der Waals surface area contributed by atoms with Crippen LogP contribution in [0.5, 0.6) is 0 Å². The predicted molar refractivity (Wildman–Crippen MR) is 66.9 cm³/mol. The zero-order valence-corrected chi connectivity index (χ0v) is 11.1. The third-order valence-electron chi connectivity index (χ3n) is 3.96. The third kappa shape index (κ3) is 2.66. The Labute approximate surface area is 108 Å². The van der Waals surface area contributed by atoms with Gasteiger partial charge in [-0.05, 0) is 38.1 Å². The molecule has 2 aliphatic rings. The quantitative estimate of drug-likeness (QED) is 0.744. The van der Waals surface area contributed by atoms with Crippen LogP contribution in [0, 0.1) is 5.92 Å². The Hall–Kier alpha value is -1.10. The number of piperidine rings is 1. The zero-order chi connectivity index (χ0) is 13.1. The lowest BCUT2D eigenvalue weighted by Gasteiger charge is -2.38. The first kappa shape index (κ1) is 13.3. The number of methoxy groups -OCH3 is 1. The van der Waals surface area contributed by atoms with E-state index in [2.05, 4.69) is 10.2 Å². The van der Waals surface area contributed by atoms with Gasteiger partial charge in [0.1, 0.15) is 6.04 Å². The number of likely N-dealkylation sites (N-methyl/N-ethyl adjacent to an activating group) is 1. The number of ether oxygens (including phenoxy) is 1. The molecule has 0 aromatic heterocycles. The fourth-order valence-electron chi connectivity index (χ4n) is 2.87. The lowest BCUT2D eigenvalue weighted by molar-refractivity contribution is -0.151. The second-order valence-electron chi connectivity index (χ2n) is 5.17. The summed E-state index contributed by atoms with van der Waals surface area (Å²) < 4.78 is 4.92. The number of hydrogen-bond acceptors (Lipinski definition) is 4. The van der Waals surface area contributed by atoms with E-state index in [4.69, 9.17) is 4.74 Å². The highest BCUT2D eigenvalue weighted by Crippen LogP contribution is 2.38. The Morgan fingerprint density at radius 3 is 2.56 bits per heavy atom. The molecule has 1 aliphatic heterocycles. The van der Waals surface area contributed by atoms with Gasteiger partial charge in [0.2, 0.25) is 5.91 Å². The van der Waals surface area contributed by atoms with E-state index in [9.17, 15) is 9.59 Å². The molecule has 1 aliphatic carbocycles. The zero-order valence-electron chi connectivity index (χ0n) is 11.1. The summed E-state index contributed by atoms with van der Waals surface area (Å²) in [5, 5.41) is 2.70. The number of hydrogen-bond donors (Lipinski definition) is 1. The molecular formula is C13H22N2O3. The Bertz CT molecular complexity index is 328. The number of amides is 1. The average molecular weight is 254 g/mol. The molecule has 0 aromatic carbocycles. The van der Waals surface area contributed by atoms with Crippen molar-refractivity contribution in [3.05, 3.63) is 0 Å². The minimum absolute atomic E-state index is 0.0178. The van der Waals surface area contributed by atoms with Crippen molar-refractivity contribution in [3.8, 4) is 0 Å². The van der Waals surface area contributed by atoms with Crippen LogP contribution in [-0.4, -0.2) is 49.6 Å². The maximum absolute atomic E-state index is 12.0. The van der Waals surface area contributed by atoms with Crippen molar-refractivity contribution in [1.82, 2.24) is 10.2 Å². The van der Waals surface area contributed by atoms with E-state index in [0.717, 1.165) is 38.6 Å². The molecule has 0 radical (unpaired) electrons. The molecular weight excluding hydrogens is 232 g/mol. The van der Waals surface area contributed by atoms with Gasteiger partial charge in [-0.3, -0.25) is 14.5 Å². The van der Waals surface area contributed by atoms with Crippen molar-refractivity contribution in [2.75, 3.05) is 20.7 Å². The third-order valence-corrected chi connectivity index (χ3v) is 3.96. The molecule has 2 fully saturated rings. The lowest BCUT2D eigenvalue weighted by Crippen LogP contribution is -2.56. The number of esters is 1. The van der Waals surface area contributed by atoms with E-state index in [-0.39, 0.29) is 24.0 Å². The normalized spacial score (nSPS) is 26.4. The highest BCUT2D eigenvalue weighted by molar-refractivity contribution is 5.83. The molecule has 102 valence electrons. The van der Waals surface area contributed by atoms with Crippen LogP contribution in [0.4, 0.5) is 0 Å². The van der Waals surface area contributed by atoms with E-state index in [1.807, 2.05) is 0 Å². The van der Waals surface area contributed by atoms with Crippen LogP contribution in [0.1, 0.15) is 32.1 Å². The molecule has 0 bridgehead atoms. The number of carbonyl (C=O) groups is 2. The van der Waals surface area contributed by atoms with Gasteiger partial charge in [0.15, 0.2) is 0 Å². The molecule has 1 N–H and O–H groups in total. The molecule has 1 saturated heterocycles. The van der Waals surface area contributed by atoms with E-state index in [1.54, 1.807) is 7.05 Å². The fraction of sp³-hybridized carbons (Fsp3) is 0.846. The van der Waals surface area contributed by atoms with Crippen molar-refractivity contribution in [2.45, 2.75) is 44.2 Å². The first-order valence-electron chi connectivity index (χ1n) is 6.74. The van der Waals surface area contributed by atoms with Gasteiger partial charge < -0.3 is 10.1 Å². The fourth-order valence-corrected chi connectivity index (χ4v) is 2.87. The second kappa shape index (κ2) is 5.69. The minimum atomic E-state index is -0.224. The van der Waals surface area contributed by atoms with E-state index >= 15 is 0 Å². The van der Waals surface area contributed by atoms with Gasteiger partial charge in [-0.15, -0.1) is 0 Å². The average Bonchev–Trinajstić information content (AvgIpc) is 3.23. The molecule has 5 nitrogen and oxygen atoms in total. The van der Waals surface area contributed by atoms with Crippen molar-refractivity contribution in [2.24, 2.45) is 5.92 Å². The van der Waals surface area contributed by atoms with Gasteiger partial charge in [-0.25, -0.2) is 0 Å². The highest BCUT2D eigenvalue weighted by atomic mass is 16.5. The van der Waals surface area contributed by atoms with Crippen LogP contribution in [0.2, 0.25) is 0 Å². The number of nitrogens with one attached hydrogen (secondary N) is 1. The van der Waals surface area contributed by atoms with E-state index in [1.165, 1.54) is 7.11 Å². The summed E-state index contributed by atoms with van der Waals surface area (Å²) in [5.41, 5.74) is 0. The number of rotatable bonds is 4. The van der Waals surface area contributed by atoms with Crippen LogP contribution in [0.25, 0.3) is 0 Å². The van der Waals surface area contributed by atoms with Gasteiger partial charge >= 0.3 is 5.97 Å². The molecule has 1 amide bonds. The van der Waals surface area contributed by atoms with Crippen LogP contribution in [-0.2, 0) is 14.3 Å². The SMILES string of the molecule is CNC(=O)C1CCCCN1C(C(=O)OC)C1CC1. The Morgan fingerprint density at radius 2 is 2.00 bits per heavy atom. The van der Waals surface area contributed by atoms with Gasteiger partial charge in [-0.2, -0.15) is 0 Å². The topological polar surface area (TPSA) is 58.6 Å². The Balaban J connectivity index is 2.14. The first-order valence-corrected chi connectivity index (χ1v) is 6.74. The minimum Gasteiger partial charge on any atom is -0.468 e. The Morgan fingerprint density at radius 1 is 1.28 bits per heavy atom. The van der Waals surface area contributed by atoms with Crippen molar-refractivity contribution < 1.29 is 14.3 Å². The summed E-state index contributed by atoms with van der Waals surface area (Å²) in [6.45, 7) is 0.814. The van der Waals surface area contributed by atoms with Crippen molar-refractivity contribution in [1.29, 1.82) is 0 Å². The lowest BCUT2D eigenvalue weighted by atomic mass is 9.97. The van der Waals surface area contributed by atoms with Crippen molar-refractivity contribution >= 4 is 11.9 Å². The maximum atomic E-state index is 12.0. The summed E-state index contributed by atoms with van der Waals surface area (Å²) >= 11 is 0. The largest absolute Gasteiger partial charge is 0.468 e. The molecule has 2 atom stereocenters. The second-order valence-corrected chi connectivity index (χ2v) is 5.17. The smallest absolute Gasteiger partial charge is 0.323 e. The standard InChI is InChI=1S/C13H22N2O3/c1-14-12(16)10-5-3-4-8-15(10)11(9-6-7-9)13(17)18-2/h9-11H,3-8H2,1-2H3,(H,14,16). The molecule has 0 spiro atoms. The van der Waals surface area contributed by atoms with Gasteiger partial charge in [0.25, 0.3) is 0 Å². The first-order chi connectivity index (χ1) is 8.69. The number of carbonyl (C=O) groups excluding carboxylic acids is 2. The van der Waals surface area contributed by atoms with E-state index in [0.29, 0.717) is 5.92 Å². The van der Waals surface area contributed by atoms with Crippen LogP contribution in [0.3, 0.4) is 0 Å². The van der Waals surface area contributed by atoms with Gasteiger partial charge in [0, 0.05) is 7.05 Å². The van der Waals surface area contributed by atoms with Crippen molar-refractivity contribution in [3.63, 3.8) is 0 Å². The summed E-state index contributed by atoms with van der Waals surface area (Å²) in [6, 6.07) is -0.397. The predicted octanol–water partition coefficient (Wildman–Crippen LogP) is 0.538. The molecule has 5 heteroatoms. The summed E-state index contributed by atoms with van der Waals surface area (Å²) in [4.78, 5) is 25.9. The maximum Gasteiger partial charge on any atom is 0.323 e. The Kier molecular flexibility index (Phi) is 4.22. The van der Waals surface area contributed by atoms with Gasteiger partial charge in [0.05, 0.1) is 13.2 Å². The number of nitrogens with zero attached hydrogens (tertiary/aromatic N) is 1.